The number of benzene rings is 1. The highest BCUT2D eigenvalue weighted by molar-refractivity contribution is 5.75. The van der Waals surface area contributed by atoms with Crippen molar-refractivity contribution in [1.29, 1.82) is 0 Å². The Bertz CT molecular complexity index is 612. The number of nitrogens with one attached hydrogen (secondary N) is 3. The minimum atomic E-state index is -0.186. The highest BCUT2D eigenvalue weighted by Gasteiger charge is 2.17. The van der Waals surface area contributed by atoms with Crippen LogP contribution in [0.3, 0.4) is 0 Å². The van der Waals surface area contributed by atoms with Crippen molar-refractivity contribution in [1.82, 2.24) is 15.3 Å². The molecule has 0 aliphatic heterocycles. The third-order valence-electron chi connectivity index (χ3n) is 3.35. The second-order valence-corrected chi connectivity index (χ2v) is 5.81. The zero-order valence-electron chi connectivity index (χ0n) is 11.6. The van der Waals surface area contributed by atoms with E-state index in [9.17, 15) is 9.90 Å². The minimum absolute atomic E-state index is 0.138. The molecule has 0 aliphatic rings. The first-order valence-electron chi connectivity index (χ1n) is 6.47. The Hall–Kier alpha value is -1.59. The van der Waals surface area contributed by atoms with Crippen LogP contribution in [0.15, 0.2) is 23.0 Å². The molecule has 1 aromatic heterocycles. The van der Waals surface area contributed by atoms with Gasteiger partial charge in [0.15, 0.2) is 0 Å². The van der Waals surface area contributed by atoms with Crippen molar-refractivity contribution in [2.45, 2.75) is 26.8 Å². The lowest BCUT2D eigenvalue weighted by Crippen LogP contribution is -2.33. The lowest BCUT2D eigenvalue weighted by molar-refractivity contribution is 0.154. The first-order chi connectivity index (χ1) is 8.91. The first kappa shape index (κ1) is 13.8. The molecule has 4 N–H and O–H groups in total. The second-order valence-electron chi connectivity index (χ2n) is 5.81. The summed E-state index contributed by atoms with van der Waals surface area (Å²) in [4.78, 5) is 16.7. The maximum atomic E-state index is 11.2. The summed E-state index contributed by atoms with van der Waals surface area (Å²) < 4.78 is 0. The number of imidazole rings is 1. The topological polar surface area (TPSA) is 80.9 Å². The van der Waals surface area contributed by atoms with E-state index in [1.54, 1.807) is 0 Å². The first-order valence-corrected chi connectivity index (χ1v) is 6.47. The van der Waals surface area contributed by atoms with Crippen LogP contribution in [0.1, 0.15) is 32.4 Å². The Labute approximate surface area is 112 Å². The molecule has 0 aliphatic carbocycles. The Morgan fingerprint density at radius 2 is 2.00 bits per heavy atom. The number of H-pyrrole nitrogens is 2. The molecule has 104 valence electrons. The normalized spacial score (nSPS) is 13.9. The van der Waals surface area contributed by atoms with Gasteiger partial charge in [-0.05, 0) is 24.6 Å². The van der Waals surface area contributed by atoms with Gasteiger partial charge in [0.2, 0.25) is 0 Å². The molecule has 0 saturated carbocycles. The fourth-order valence-corrected chi connectivity index (χ4v) is 1.92. The van der Waals surface area contributed by atoms with E-state index < -0.39 is 0 Å². The highest BCUT2D eigenvalue weighted by atomic mass is 16.3. The molecule has 5 heteroatoms. The van der Waals surface area contributed by atoms with Gasteiger partial charge in [0.25, 0.3) is 0 Å². The quantitative estimate of drug-likeness (QED) is 0.660. The van der Waals surface area contributed by atoms with Crippen molar-refractivity contribution in [3.8, 4) is 0 Å². The Morgan fingerprint density at radius 3 is 2.68 bits per heavy atom. The average molecular weight is 263 g/mol. The molecule has 2 aromatic rings. The van der Waals surface area contributed by atoms with Crippen LogP contribution in [0.25, 0.3) is 11.0 Å². The van der Waals surface area contributed by atoms with Crippen LogP contribution >= 0.6 is 0 Å². The average Bonchev–Trinajstić information content (AvgIpc) is 2.75. The van der Waals surface area contributed by atoms with E-state index in [2.05, 4.69) is 22.2 Å². The van der Waals surface area contributed by atoms with Gasteiger partial charge in [-0.15, -0.1) is 0 Å². The molecule has 0 radical (unpaired) electrons. The molecule has 2 rings (SSSR count). The van der Waals surface area contributed by atoms with E-state index >= 15 is 0 Å². The smallest absolute Gasteiger partial charge is 0.323 e. The number of aromatic amines is 2. The molecule has 1 unspecified atom stereocenters. The molecule has 0 spiro atoms. The summed E-state index contributed by atoms with van der Waals surface area (Å²) in [6, 6.07) is 6.03. The predicted octanol–water partition coefficient (Wildman–Crippen LogP) is 1.53. The number of aliphatic hydroxyl groups excluding tert-OH is 1. The van der Waals surface area contributed by atoms with E-state index in [1.807, 2.05) is 32.0 Å². The molecule has 19 heavy (non-hydrogen) atoms. The zero-order valence-corrected chi connectivity index (χ0v) is 11.6. The van der Waals surface area contributed by atoms with Crippen LogP contribution in [-0.2, 0) is 0 Å². The van der Waals surface area contributed by atoms with Crippen molar-refractivity contribution in [3.05, 3.63) is 34.2 Å². The van der Waals surface area contributed by atoms with Gasteiger partial charge in [0.05, 0.1) is 11.0 Å². The predicted molar refractivity (Wildman–Crippen MR) is 76.2 cm³/mol. The Morgan fingerprint density at radius 1 is 1.32 bits per heavy atom. The molecule has 1 heterocycles. The largest absolute Gasteiger partial charge is 0.396 e. The van der Waals surface area contributed by atoms with Gasteiger partial charge in [-0.2, -0.15) is 0 Å². The zero-order chi connectivity index (χ0) is 14.0. The second kappa shape index (κ2) is 5.19. The molecule has 0 amide bonds. The van der Waals surface area contributed by atoms with Crippen molar-refractivity contribution in [2.24, 2.45) is 5.41 Å². The molecule has 0 bridgehead atoms. The summed E-state index contributed by atoms with van der Waals surface area (Å²) in [6.07, 6.45) is 0. The molecule has 1 atom stereocenters. The van der Waals surface area contributed by atoms with Gasteiger partial charge < -0.3 is 20.4 Å². The van der Waals surface area contributed by atoms with Crippen molar-refractivity contribution >= 4 is 11.0 Å². The number of hydrogen-bond acceptors (Lipinski definition) is 3. The Kier molecular flexibility index (Phi) is 3.78. The molecule has 0 saturated heterocycles. The maximum absolute atomic E-state index is 11.2. The summed E-state index contributed by atoms with van der Waals surface area (Å²) >= 11 is 0. The third-order valence-corrected chi connectivity index (χ3v) is 3.35. The van der Waals surface area contributed by atoms with E-state index in [1.165, 1.54) is 0 Å². The number of rotatable bonds is 5. The van der Waals surface area contributed by atoms with E-state index in [0.29, 0.717) is 0 Å². The van der Waals surface area contributed by atoms with Gasteiger partial charge in [0, 0.05) is 24.6 Å². The fourth-order valence-electron chi connectivity index (χ4n) is 1.92. The van der Waals surface area contributed by atoms with Gasteiger partial charge in [0.1, 0.15) is 0 Å². The summed E-state index contributed by atoms with van der Waals surface area (Å²) in [6.45, 7) is 6.97. The molecule has 5 nitrogen and oxygen atoms in total. The summed E-state index contributed by atoms with van der Waals surface area (Å²) in [5, 5.41) is 12.6. The lowest BCUT2D eigenvalue weighted by Gasteiger charge is -2.25. The van der Waals surface area contributed by atoms with Crippen molar-refractivity contribution < 1.29 is 5.11 Å². The minimum Gasteiger partial charge on any atom is -0.396 e. The van der Waals surface area contributed by atoms with Crippen LogP contribution in [0, 0.1) is 5.41 Å². The summed E-state index contributed by atoms with van der Waals surface area (Å²) in [5.41, 5.74) is 2.42. The van der Waals surface area contributed by atoms with Crippen molar-refractivity contribution in [3.63, 3.8) is 0 Å². The number of aliphatic hydroxyl groups is 1. The van der Waals surface area contributed by atoms with Crippen LogP contribution in [0.4, 0.5) is 0 Å². The Balaban J connectivity index is 2.12. The summed E-state index contributed by atoms with van der Waals surface area (Å²) in [7, 11) is 0. The van der Waals surface area contributed by atoms with Gasteiger partial charge in [-0.25, -0.2) is 4.79 Å². The highest BCUT2D eigenvalue weighted by Crippen LogP contribution is 2.19. The maximum Gasteiger partial charge on any atom is 0.323 e. The molecular formula is C14H21N3O2. The van der Waals surface area contributed by atoms with E-state index in [-0.39, 0.29) is 23.8 Å². The van der Waals surface area contributed by atoms with Crippen LogP contribution in [0.5, 0.6) is 0 Å². The SMILES string of the molecule is CC(NCC(C)(C)CO)c1ccc2[nH]c(=O)[nH]c2c1. The van der Waals surface area contributed by atoms with Gasteiger partial charge >= 0.3 is 5.69 Å². The van der Waals surface area contributed by atoms with Crippen LogP contribution in [0.2, 0.25) is 0 Å². The van der Waals surface area contributed by atoms with Gasteiger partial charge in [-0.3, -0.25) is 0 Å². The van der Waals surface area contributed by atoms with Crippen LogP contribution in [-0.4, -0.2) is 28.2 Å². The summed E-state index contributed by atoms with van der Waals surface area (Å²) in [5.74, 6) is 0. The van der Waals surface area contributed by atoms with E-state index in [4.69, 9.17) is 0 Å². The van der Waals surface area contributed by atoms with Gasteiger partial charge in [-0.1, -0.05) is 19.9 Å². The monoisotopic (exact) mass is 263 g/mol. The fraction of sp³-hybridized carbons (Fsp3) is 0.500. The molecule has 0 fully saturated rings. The number of fused-ring (bicyclic) bond motifs is 1. The number of hydrogen-bond donors (Lipinski definition) is 4. The lowest BCUT2D eigenvalue weighted by atomic mass is 9.94. The number of aromatic nitrogens is 2. The van der Waals surface area contributed by atoms with Crippen LogP contribution < -0.4 is 11.0 Å². The van der Waals surface area contributed by atoms with E-state index in [0.717, 1.165) is 23.1 Å². The molecular weight excluding hydrogens is 242 g/mol. The van der Waals surface area contributed by atoms with Crippen molar-refractivity contribution in [2.75, 3.05) is 13.2 Å². The third kappa shape index (κ3) is 3.24. The molecule has 1 aromatic carbocycles. The standard InChI is InChI=1S/C14H21N3O2/c1-9(15-7-14(2,3)8-18)10-4-5-11-12(6-10)17-13(19)16-11/h4-6,9,15,18H,7-8H2,1-3H3,(H2,16,17,19).